The number of rotatable bonds is 1. The molecule has 0 spiro atoms. The van der Waals surface area contributed by atoms with Crippen LogP contribution in [0.2, 0.25) is 0 Å². The number of aryl methyl sites for hydroxylation is 1. The van der Waals surface area contributed by atoms with Crippen molar-refractivity contribution in [1.29, 1.82) is 0 Å². The molecule has 0 unspecified atom stereocenters. The van der Waals surface area contributed by atoms with E-state index in [0.717, 1.165) is 16.2 Å². The fourth-order valence-corrected chi connectivity index (χ4v) is 1.46. The number of fused-ring (bicyclic) bond motifs is 1. The van der Waals surface area contributed by atoms with Gasteiger partial charge >= 0.3 is 0 Å². The molecule has 0 saturated carbocycles. The van der Waals surface area contributed by atoms with Gasteiger partial charge in [0.05, 0.1) is 0 Å². The van der Waals surface area contributed by atoms with Crippen LogP contribution in [0, 0.1) is 0 Å². The standard InChI is InChI=1S/C6H7N5S/c1-11-5-4(9-10-11)6(12-2)8-3-7-5/h3H,1-2H3. The minimum atomic E-state index is 0.771. The molecule has 0 bridgehead atoms. The van der Waals surface area contributed by atoms with Crippen molar-refractivity contribution in [3.8, 4) is 0 Å². The van der Waals surface area contributed by atoms with Gasteiger partial charge in [0.25, 0.3) is 0 Å². The number of thioether (sulfide) groups is 1. The second-order valence-corrected chi connectivity index (χ2v) is 3.06. The molecule has 0 aromatic carbocycles. The van der Waals surface area contributed by atoms with Crippen molar-refractivity contribution in [2.24, 2.45) is 7.05 Å². The molecule has 0 aliphatic carbocycles. The molecule has 0 N–H and O–H groups in total. The lowest BCUT2D eigenvalue weighted by Crippen LogP contribution is -1.92. The van der Waals surface area contributed by atoms with Crippen molar-refractivity contribution in [2.45, 2.75) is 5.03 Å². The highest BCUT2D eigenvalue weighted by Crippen LogP contribution is 2.18. The molecular formula is C6H7N5S. The lowest BCUT2D eigenvalue weighted by atomic mass is 10.5. The number of nitrogens with zero attached hydrogens (tertiary/aromatic N) is 5. The average molecular weight is 181 g/mol. The van der Waals surface area contributed by atoms with E-state index in [1.807, 2.05) is 13.3 Å². The van der Waals surface area contributed by atoms with Gasteiger partial charge in [0, 0.05) is 7.05 Å². The zero-order valence-electron chi connectivity index (χ0n) is 6.72. The Balaban J connectivity index is 2.81. The van der Waals surface area contributed by atoms with Gasteiger partial charge in [0.1, 0.15) is 11.4 Å². The van der Waals surface area contributed by atoms with Gasteiger partial charge in [-0.05, 0) is 6.26 Å². The molecule has 0 saturated heterocycles. The maximum atomic E-state index is 4.07. The van der Waals surface area contributed by atoms with Crippen molar-refractivity contribution in [2.75, 3.05) is 6.26 Å². The monoisotopic (exact) mass is 181 g/mol. The summed E-state index contributed by atoms with van der Waals surface area (Å²) in [4.78, 5) is 8.14. The molecule has 0 aliphatic rings. The second kappa shape index (κ2) is 2.71. The van der Waals surface area contributed by atoms with E-state index in [2.05, 4.69) is 20.3 Å². The van der Waals surface area contributed by atoms with E-state index in [0.29, 0.717) is 0 Å². The summed E-state index contributed by atoms with van der Waals surface area (Å²) in [6.45, 7) is 0. The van der Waals surface area contributed by atoms with Crippen molar-refractivity contribution in [1.82, 2.24) is 25.0 Å². The van der Waals surface area contributed by atoms with Crippen molar-refractivity contribution < 1.29 is 0 Å². The molecule has 0 fully saturated rings. The van der Waals surface area contributed by atoms with E-state index >= 15 is 0 Å². The molecule has 0 atom stereocenters. The summed E-state index contributed by atoms with van der Waals surface area (Å²) < 4.78 is 1.64. The van der Waals surface area contributed by atoms with E-state index in [-0.39, 0.29) is 0 Å². The van der Waals surface area contributed by atoms with Crippen LogP contribution in [0.1, 0.15) is 0 Å². The lowest BCUT2D eigenvalue weighted by Gasteiger charge is -1.93. The third-order valence-electron chi connectivity index (χ3n) is 1.55. The Hall–Kier alpha value is -1.17. The van der Waals surface area contributed by atoms with Crippen LogP contribution < -0.4 is 0 Å². The molecule has 6 heteroatoms. The van der Waals surface area contributed by atoms with Gasteiger partial charge in [0.2, 0.25) is 0 Å². The van der Waals surface area contributed by atoms with Crippen LogP contribution in [0.5, 0.6) is 0 Å². The largest absolute Gasteiger partial charge is 0.230 e. The molecule has 2 rings (SSSR count). The van der Waals surface area contributed by atoms with Gasteiger partial charge in [-0.1, -0.05) is 5.21 Å². The summed E-state index contributed by atoms with van der Waals surface area (Å²) in [5, 5.41) is 8.68. The average Bonchev–Trinajstić information content (AvgIpc) is 2.48. The van der Waals surface area contributed by atoms with Crippen LogP contribution in [-0.2, 0) is 7.05 Å². The predicted molar refractivity (Wildman–Crippen MR) is 45.9 cm³/mol. The van der Waals surface area contributed by atoms with Crippen molar-refractivity contribution in [3.63, 3.8) is 0 Å². The Morgan fingerprint density at radius 1 is 1.42 bits per heavy atom. The molecule has 5 nitrogen and oxygen atoms in total. The van der Waals surface area contributed by atoms with Crippen LogP contribution in [0.4, 0.5) is 0 Å². The van der Waals surface area contributed by atoms with Gasteiger partial charge in [-0.25, -0.2) is 14.6 Å². The summed E-state index contributed by atoms with van der Waals surface area (Å²) in [6, 6.07) is 0. The topological polar surface area (TPSA) is 56.5 Å². The van der Waals surface area contributed by atoms with Gasteiger partial charge in [-0.3, -0.25) is 0 Å². The quantitative estimate of drug-likeness (QED) is 0.473. The van der Waals surface area contributed by atoms with E-state index in [9.17, 15) is 0 Å². The van der Waals surface area contributed by atoms with Crippen LogP contribution in [-0.4, -0.2) is 31.2 Å². The van der Waals surface area contributed by atoms with E-state index in [1.165, 1.54) is 6.33 Å². The Kier molecular flexibility index (Phi) is 1.69. The van der Waals surface area contributed by atoms with E-state index < -0.39 is 0 Å². The highest BCUT2D eigenvalue weighted by Gasteiger charge is 2.07. The molecule has 2 aromatic heterocycles. The maximum absolute atomic E-state index is 4.07. The smallest absolute Gasteiger partial charge is 0.182 e. The Morgan fingerprint density at radius 2 is 2.25 bits per heavy atom. The zero-order chi connectivity index (χ0) is 8.55. The number of aromatic nitrogens is 5. The number of hydrogen-bond donors (Lipinski definition) is 0. The molecule has 0 radical (unpaired) electrons. The Bertz CT molecular complexity index is 409. The maximum Gasteiger partial charge on any atom is 0.182 e. The molecule has 0 amide bonds. The summed E-state index contributed by atoms with van der Waals surface area (Å²) in [5.74, 6) is 0. The fraction of sp³-hybridized carbons (Fsp3) is 0.333. The molecule has 2 aromatic rings. The van der Waals surface area contributed by atoms with Gasteiger partial charge in [-0.2, -0.15) is 0 Å². The normalized spacial score (nSPS) is 10.8. The van der Waals surface area contributed by atoms with Gasteiger partial charge < -0.3 is 0 Å². The first kappa shape index (κ1) is 7.48. The van der Waals surface area contributed by atoms with Crippen LogP contribution in [0.25, 0.3) is 11.2 Å². The third kappa shape index (κ3) is 0.953. The van der Waals surface area contributed by atoms with Gasteiger partial charge in [-0.15, -0.1) is 16.9 Å². The van der Waals surface area contributed by atoms with Crippen LogP contribution in [0.15, 0.2) is 11.4 Å². The summed E-state index contributed by atoms with van der Waals surface area (Å²) in [7, 11) is 1.81. The summed E-state index contributed by atoms with van der Waals surface area (Å²) in [5.41, 5.74) is 1.54. The second-order valence-electron chi connectivity index (χ2n) is 2.27. The SMILES string of the molecule is CSc1ncnc2c1nnn2C. The fourth-order valence-electron chi connectivity index (χ4n) is 0.982. The first-order valence-electron chi connectivity index (χ1n) is 3.37. The van der Waals surface area contributed by atoms with E-state index in [4.69, 9.17) is 0 Å². The minimum absolute atomic E-state index is 0.771. The first-order valence-corrected chi connectivity index (χ1v) is 4.60. The van der Waals surface area contributed by atoms with Crippen molar-refractivity contribution >= 4 is 22.9 Å². The van der Waals surface area contributed by atoms with Crippen molar-refractivity contribution in [3.05, 3.63) is 6.33 Å². The highest BCUT2D eigenvalue weighted by molar-refractivity contribution is 7.98. The first-order chi connectivity index (χ1) is 5.83. The Morgan fingerprint density at radius 3 is 3.00 bits per heavy atom. The predicted octanol–water partition coefficient (Wildman–Crippen LogP) is 0.480. The minimum Gasteiger partial charge on any atom is -0.230 e. The molecular weight excluding hydrogens is 174 g/mol. The molecule has 12 heavy (non-hydrogen) atoms. The highest BCUT2D eigenvalue weighted by atomic mass is 32.2. The zero-order valence-corrected chi connectivity index (χ0v) is 7.54. The third-order valence-corrected chi connectivity index (χ3v) is 2.23. The molecule has 2 heterocycles. The molecule has 62 valence electrons. The van der Waals surface area contributed by atoms with Crippen LogP contribution >= 0.6 is 11.8 Å². The number of hydrogen-bond acceptors (Lipinski definition) is 5. The lowest BCUT2D eigenvalue weighted by molar-refractivity contribution is 0.729. The van der Waals surface area contributed by atoms with Crippen LogP contribution in [0.3, 0.4) is 0 Å². The molecule has 0 aliphatic heterocycles. The van der Waals surface area contributed by atoms with Gasteiger partial charge in [0.15, 0.2) is 11.2 Å². The summed E-state index contributed by atoms with van der Waals surface area (Å²) >= 11 is 1.54. The Labute approximate surface area is 73.2 Å². The summed E-state index contributed by atoms with van der Waals surface area (Å²) in [6.07, 6.45) is 3.48. The van der Waals surface area contributed by atoms with E-state index in [1.54, 1.807) is 16.4 Å².